The third-order valence-electron chi connectivity index (χ3n) is 2.64. The summed E-state index contributed by atoms with van der Waals surface area (Å²) in [6.45, 7) is 7.93. The second-order valence-corrected chi connectivity index (χ2v) is 4.62. The number of halogens is 1. The lowest BCUT2D eigenvalue weighted by Gasteiger charge is -2.07. The Balaban J connectivity index is 2.48. The van der Waals surface area contributed by atoms with E-state index >= 15 is 0 Å². The molecule has 2 aromatic rings. The van der Waals surface area contributed by atoms with Crippen LogP contribution in [0.1, 0.15) is 18.2 Å². The summed E-state index contributed by atoms with van der Waals surface area (Å²) >= 11 is 5.98. The highest BCUT2D eigenvalue weighted by molar-refractivity contribution is 6.30. The van der Waals surface area contributed by atoms with Crippen LogP contribution in [0.4, 0.5) is 0 Å². The Hall–Kier alpha value is -1.60. The highest BCUT2D eigenvalue weighted by Crippen LogP contribution is 2.25. The molecule has 1 heterocycles. The smallest absolute Gasteiger partial charge is 0.0682 e. The third-order valence-corrected chi connectivity index (χ3v) is 2.88. The number of aromatic nitrogens is 1. The predicted molar refractivity (Wildman–Crippen MR) is 74.1 cm³/mol. The van der Waals surface area contributed by atoms with E-state index in [4.69, 9.17) is 11.6 Å². The van der Waals surface area contributed by atoms with Gasteiger partial charge in [0.2, 0.25) is 0 Å². The molecule has 0 bridgehead atoms. The molecule has 0 aliphatic heterocycles. The van der Waals surface area contributed by atoms with Crippen LogP contribution in [0, 0.1) is 6.92 Å². The van der Waals surface area contributed by atoms with Crippen molar-refractivity contribution in [3.05, 3.63) is 59.4 Å². The minimum Gasteiger partial charge on any atom is -0.256 e. The Morgan fingerprint density at radius 3 is 2.59 bits per heavy atom. The monoisotopic (exact) mass is 243 g/mol. The minimum absolute atomic E-state index is 0.740. The number of nitrogens with zero attached hydrogens (tertiary/aromatic N) is 1. The zero-order valence-electron chi connectivity index (χ0n) is 10.00. The van der Waals surface area contributed by atoms with Gasteiger partial charge in [-0.1, -0.05) is 30.3 Å². The van der Waals surface area contributed by atoms with Crippen LogP contribution in [0.3, 0.4) is 0 Å². The average molecular weight is 244 g/mol. The average Bonchev–Trinajstić information content (AvgIpc) is 2.28. The normalized spacial score (nSPS) is 10.3. The topological polar surface area (TPSA) is 12.9 Å². The molecule has 0 aliphatic carbocycles. The van der Waals surface area contributed by atoms with Crippen molar-refractivity contribution in [3.63, 3.8) is 0 Å². The number of rotatable bonds is 2. The van der Waals surface area contributed by atoms with Gasteiger partial charge in [0.15, 0.2) is 0 Å². The van der Waals surface area contributed by atoms with E-state index in [1.807, 2.05) is 44.3 Å². The molecule has 1 aromatic carbocycles. The summed E-state index contributed by atoms with van der Waals surface area (Å²) in [7, 11) is 0. The van der Waals surface area contributed by atoms with Crippen LogP contribution in [-0.2, 0) is 0 Å². The van der Waals surface area contributed by atoms with Crippen LogP contribution in [0.15, 0.2) is 43.1 Å². The number of aryl methyl sites for hydroxylation is 1. The van der Waals surface area contributed by atoms with Crippen molar-refractivity contribution in [2.75, 3.05) is 0 Å². The zero-order chi connectivity index (χ0) is 12.4. The Morgan fingerprint density at radius 2 is 2.00 bits per heavy atom. The summed E-state index contributed by atoms with van der Waals surface area (Å²) in [5, 5.41) is 0.740. The number of hydrogen-bond donors (Lipinski definition) is 0. The quantitative estimate of drug-likeness (QED) is 0.742. The number of hydrogen-bond acceptors (Lipinski definition) is 1. The summed E-state index contributed by atoms with van der Waals surface area (Å²) in [6.07, 6.45) is 1.86. The van der Waals surface area contributed by atoms with E-state index in [1.54, 1.807) is 0 Å². The molecule has 0 saturated heterocycles. The fourth-order valence-electron chi connectivity index (χ4n) is 1.85. The first-order valence-electron chi connectivity index (χ1n) is 5.46. The van der Waals surface area contributed by atoms with Crippen LogP contribution >= 0.6 is 11.6 Å². The summed E-state index contributed by atoms with van der Waals surface area (Å²) in [5.41, 5.74) is 5.25. The molecule has 2 heteroatoms. The van der Waals surface area contributed by atoms with Crippen LogP contribution in [-0.4, -0.2) is 4.98 Å². The van der Waals surface area contributed by atoms with Gasteiger partial charge in [0, 0.05) is 16.8 Å². The Morgan fingerprint density at radius 1 is 1.24 bits per heavy atom. The van der Waals surface area contributed by atoms with E-state index in [9.17, 15) is 0 Å². The van der Waals surface area contributed by atoms with E-state index in [-0.39, 0.29) is 0 Å². The maximum Gasteiger partial charge on any atom is 0.0682 e. The highest BCUT2D eigenvalue weighted by Gasteiger charge is 2.04. The third kappa shape index (κ3) is 2.56. The van der Waals surface area contributed by atoms with E-state index < -0.39 is 0 Å². The van der Waals surface area contributed by atoms with E-state index in [0.29, 0.717) is 0 Å². The minimum atomic E-state index is 0.740. The van der Waals surface area contributed by atoms with Gasteiger partial charge in [0.25, 0.3) is 0 Å². The van der Waals surface area contributed by atoms with Crippen LogP contribution in [0.2, 0.25) is 5.02 Å². The van der Waals surface area contributed by atoms with Gasteiger partial charge < -0.3 is 0 Å². The zero-order valence-corrected chi connectivity index (χ0v) is 10.8. The second-order valence-electron chi connectivity index (χ2n) is 4.18. The first-order chi connectivity index (χ1) is 8.08. The molecule has 0 fully saturated rings. The molecule has 17 heavy (non-hydrogen) atoms. The molecule has 0 aliphatic rings. The summed E-state index contributed by atoms with van der Waals surface area (Å²) in [5.74, 6) is 0. The van der Waals surface area contributed by atoms with Crippen LogP contribution in [0.5, 0.6) is 0 Å². The van der Waals surface area contributed by atoms with E-state index in [1.165, 1.54) is 0 Å². The lowest BCUT2D eigenvalue weighted by Crippen LogP contribution is -1.91. The second kappa shape index (κ2) is 4.72. The summed E-state index contributed by atoms with van der Waals surface area (Å²) in [6, 6.07) is 9.90. The molecule has 1 aromatic heterocycles. The van der Waals surface area contributed by atoms with Crippen molar-refractivity contribution in [1.82, 2.24) is 4.98 Å². The van der Waals surface area contributed by atoms with Crippen molar-refractivity contribution < 1.29 is 0 Å². The first-order valence-corrected chi connectivity index (χ1v) is 5.84. The van der Waals surface area contributed by atoms with Gasteiger partial charge >= 0.3 is 0 Å². The van der Waals surface area contributed by atoms with Crippen molar-refractivity contribution in [3.8, 4) is 11.1 Å². The van der Waals surface area contributed by atoms with Crippen molar-refractivity contribution in [2.24, 2.45) is 0 Å². The number of benzene rings is 1. The standard InChI is InChI=1S/C15H14ClN/c1-10(2)15-11(3)7-13(9-17-15)12-5-4-6-14(16)8-12/h4-9H,1H2,2-3H3. The lowest BCUT2D eigenvalue weighted by atomic mass is 10.0. The lowest BCUT2D eigenvalue weighted by molar-refractivity contribution is 1.22. The fourth-order valence-corrected chi connectivity index (χ4v) is 2.04. The molecule has 2 rings (SSSR count). The molecular weight excluding hydrogens is 230 g/mol. The molecule has 0 unspecified atom stereocenters. The van der Waals surface area contributed by atoms with Gasteiger partial charge in [-0.2, -0.15) is 0 Å². The van der Waals surface area contributed by atoms with Crippen molar-refractivity contribution >= 4 is 17.2 Å². The van der Waals surface area contributed by atoms with Gasteiger partial charge in [-0.05, 0) is 48.7 Å². The largest absolute Gasteiger partial charge is 0.256 e. The van der Waals surface area contributed by atoms with Crippen molar-refractivity contribution in [1.29, 1.82) is 0 Å². The number of pyridine rings is 1. The molecular formula is C15H14ClN. The van der Waals surface area contributed by atoms with E-state index in [2.05, 4.69) is 17.6 Å². The fraction of sp³-hybridized carbons (Fsp3) is 0.133. The molecule has 1 nitrogen and oxygen atoms in total. The Bertz CT molecular complexity index is 573. The molecule has 0 amide bonds. The Labute approximate surface area is 107 Å². The highest BCUT2D eigenvalue weighted by atomic mass is 35.5. The maximum absolute atomic E-state index is 5.98. The van der Waals surface area contributed by atoms with Gasteiger partial charge in [-0.25, -0.2) is 0 Å². The SMILES string of the molecule is C=C(C)c1ncc(-c2cccc(Cl)c2)cc1C. The molecule has 0 atom stereocenters. The maximum atomic E-state index is 5.98. The Kier molecular flexibility index (Phi) is 3.30. The summed E-state index contributed by atoms with van der Waals surface area (Å²) < 4.78 is 0. The molecule has 0 saturated carbocycles. The predicted octanol–water partition coefficient (Wildman–Crippen LogP) is 4.74. The van der Waals surface area contributed by atoms with Gasteiger partial charge in [0.1, 0.15) is 0 Å². The van der Waals surface area contributed by atoms with Gasteiger partial charge in [-0.15, -0.1) is 0 Å². The van der Waals surface area contributed by atoms with Crippen LogP contribution < -0.4 is 0 Å². The molecule has 0 N–H and O–H groups in total. The molecule has 0 radical (unpaired) electrons. The first kappa shape index (κ1) is 11.9. The van der Waals surface area contributed by atoms with Crippen LogP contribution in [0.25, 0.3) is 16.7 Å². The summed E-state index contributed by atoms with van der Waals surface area (Å²) in [4.78, 5) is 4.44. The number of allylic oxidation sites excluding steroid dienone is 1. The van der Waals surface area contributed by atoms with Gasteiger partial charge in [0.05, 0.1) is 5.69 Å². The van der Waals surface area contributed by atoms with Crippen molar-refractivity contribution in [2.45, 2.75) is 13.8 Å². The van der Waals surface area contributed by atoms with Gasteiger partial charge in [-0.3, -0.25) is 4.98 Å². The molecule has 86 valence electrons. The van der Waals surface area contributed by atoms with E-state index in [0.717, 1.165) is 33.0 Å². The molecule has 0 spiro atoms.